The summed E-state index contributed by atoms with van der Waals surface area (Å²) in [6.07, 6.45) is 1.16. The van der Waals surface area contributed by atoms with Crippen molar-refractivity contribution in [1.82, 2.24) is 9.80 Å². The van der Waals surface area contributed by atoms with Gasteiger partial charge in [0.1, 0.15) is 0 Å². The highest BCUT2D eigenvalue weighted by Gasteiger charge is 2.28. The molecule has 1 heterocycles. The number of ether oxygens (including phenoxy) is 2. The van der Waals surface area contributed by atoms with Gasteiger partial charge in [-0.1, -0.05) is 13.0 Å². The lowest BCUT2D eigenvalue weighted by molar-refractivity contribution is 0.0643. The molecule has 2 unspecified atom stereocenters. The minimum absolute atomic E-state index is 0.224. The smallest absolute Gasteiger partial charge is 0.161 e. The summed E-state index contributed by atoms with van der Waals surface area (Å²) in [5, 5.41) is 0. The molecule has 0 bridgehead atoms. The first kappa shape index (κ1) is 18.0. The molecule has 1 fully saturated rings. The van der Waals surface area contributed by atoms with Gasteiger partial charge in [-0.3, -0.25) is 4.90 Å². The fourth-order valence-electron chi connectivity index (χ4n) is 3.36. The molecular formula is C18H31N3O2. The van der Waals surface area contributed by atoms with E-state index >= 15 is 0 Å². The molecule has 1 saturated heterocycles. The van der Waals surface area contributed by atoms with Crippen molar-refractivity contribution in [3.8, 4) is 11.5 Å². The van der Waals surface area contributed by atoms with Crippen LogP contribution < -0.4 is 15.2 Å². The Labute approximate surface area is 140 Å². The maximum absolute atomic E-state index is 6.12. The fourth-order valence-corrected chi connectivity index (χ4v) is 3.36. The second-order valence-electron chi connectivity index (χ2n) is 6.13. The zero-order valence-electron chi connectivity index (χ0n) is 14.9. The van der Waals surface area contributed by atoms with E-state index in [0.29, 0.717) is 19.2 Å². The molecule has 0 spiro atoms. The van der Waals surface area contributed by atoms with E-state index in [0.717, 1.165) is 37.6 Å². The molecule has 1 aliphatic rings. The molecule has 1 aromatic carbocycles. The number of benzene rings is 1. The molecule has 5 nitrogen and oxygen atoms in total. The number of nitrogens with two attached hydrogens (primary N) is 1. The van der Waals surface area contributed by atoms with E-state index in [9.17, 15) is 0 Å². The highest BCUT2D eigenvalue weighted by atomic mass is 16.5. The molecule has 0 aliphatic carbocycles. The van der Waals surface area contributed by atoms with Crippen LogP contribution in [0.25, 0.3) is 0 Å². The molecule has 2 rings (SSSR count). The number of methoxy groups -OCH3 is 1. The summed E-state index contributed by atoms with van der Waals surface area (Å²) in [7, 11) is 3.89. The maximum atomic E-state index is 6.12. The molecule has 1 aliphatic heterocycles. The van der Waals surface area contributed by atoms with Crippen molar-refractivity contribution in [3.63, 3.8) is 0 Å². The summed E-state index contributed by atoms with van der Waals surface area (Å²) in [6, 6.07) is 7.00. The van der Waals surface area contributed by atoms with Crippen LogP contribution in [-0.2, 0) is 0 Å². The standard InChI is InChI=1S/C18H31N3O2/c1-5-15-13-21(10-9-20(15)3)16(12-19)14-7-8-17(23-6-2)18(11-14)22-4/h7-8,11,15-16H,5-6,9-10,12-13,19H2,1-4H3. The summed E-state index contributed by atoms with van der Waals surface area (Å²) in [4.78, 5) is 4.95. The second-order valence-corrected chi connectivity index (χ2v) is 6.13. The van der Waals surface area contributed by atoms with Crippen molar-refractivity contribution >= 4 is 0 Å². The molecule has 0 aromatic heterocycles. The van der Waals surface area contributed by atoms with E-state index < -0.39 is 0 Å². The first-order valence-electron chi connectivity index (χ1n) is 8.59. The first-order valence-corrected chi connectivity index (χ1v) is 8.59. The molecule has 23 heavy (non-hydrogen) atoms. The summed E-state index contributed by atoms with van der Waals surface area (Å²) >= 11 is 0. The van der Waals surface area contributed by atoms with Gasteiger partial charge in [-0.05, 0) is 38.1 Å². The third kappa shape index (κ3) is 4.16. The molecule has 0 saturated carbocycles. The molecule has 130 valence electrons. The van der Waals surface area contributed by atoms with E-state index in [2.05, 4.69) is 35.9 Å². The number of piperazine rings is 1. The second kappa shape index (κ2) is 8.52. The number of rotatable bonds is 7. The largest absolute Gasteiger partial charge is 0.493 e. The van der Waals surface area contributed by atoms with Crippen LogP contribution in [0.5, 0.6) is 11.5 Å². The first-order chi connectivity index (χ1) is 11.1. The number of hydrogen-bond acceptors (Lipinski definition) is 5. The van der Waals surface area contributed by atoms with E-state index in [1.807, 2.05) is 13.0 Å². The molecule has 2 N–H and O–H groups in total. The number of hydrogen-bond donors (Lipinski definition) is 1. The zero-order valence-corrected chi connectivity index (χ0v) is 14.9. The fraction of sp³-hybridized carbons (Fsp3) is 0.667. The van der Waals surface area contributed by atoms with Crippen LogP contribution in [0.4, 0.5) is 0 Å². The average molecular weight is 321 g/mol. The Morgan fingerprint density at radius 3 is 2.65 bits per heavy atom. The van der Waals surface area contributed by atoms with Crippen molar-refractivity contribution in [2.24, 2.45) is 5.73 Å². The molecule has 5 heteroatoms. The third-order valence-corrected chi connectivity index (χ3v) is 4.82. The van der Waals surface area contributed by atoms with Crippen molar-refractivity contribution in [2.75, 3.05) is 46.9 Å². The predicted molar refractivity (Wildman–Crippen MR) is 94.2 cm³/mol. The van der Waals surface area contributed by atoms with Crippen molar-refractivity contribution in [1.29, 1.82) is 0 Å². The molecule has 0 amide bonds. The van der Waals surface area contributed by atoms with Gasteiger partial charge in [0, 0.05) is 38.3 Å². The SMILES string of the molecule is CCOc1ccc(C(CN)N2CCN(C)C(CC)C2)cc1OC. The van der Waals surface area contributed by atoms with Gasteiger partial charge in [-0.25, -0.2) is 0 Å². The van der Waals surface area contributed by atoms with Gasteiger partial charge in [0.15, 0.2) is 11.5 Å². The third-order valence-electron chi connectivity index (χ3n) is 4.82. The van der Waals surface area contributed by atoms with Gasteiger partial charge in [0.2, 0.25) is 0 Å². The quantitative estimate of drug-likeness (QED) is 0.834. The van der Waals surface area contributed by atoms with Gasteiger partial charge in [0.05, 0.1) is 13.7 Å². The summed E-state index contributed by atoms with van der Waals surface area (Å²) in [5.74, 6) is 1.57. The lowest BCUT2D eigenvalue weighted by Crippen LogP contribution is -2.53. The van der Waals surface area contributed by atoms with Gasteiger partial charge in [0.25, 0.3) is 0 Å². The minimum Gasteiger partial charge on any atom is -0.493 e. The van der Waals surface area contributed by atoms with Crippen molar-refractivity contribution in [3.05, 3.63) is 23.8 Å². The van der Waals surface area contributed by atoms with Gasteiger partial charge >= 0.3 is 0 Å². The van der Waals surface area contributed by atoms with Crippen LogP contribution in [0.2, 0.25) is 0 Å². The van der Waals surface area contributed by atoms with Crippen LogP contribution in [-0.4, -0.2) is 62.8 Å². The van der Waals surface area contributed by atoms with Crippen molar-refractivity contribution < 1.29 is 9.47 Å². The molecule has 1 aromatic rings. The zero-order chi connectivity index (χ0) is 16.8. The minimum atomic E-state index is 0.224. The Bertz CT molecular complexity index is 495. The Kier molecular flexibility index (Phi) is 6.69. The van der Waals surface area contributed by atoms with Crippen LogP contribution in [0.3, 0.4) is 0 Å². The Morgan fingerprint density at radius 1 is 1.26 bits per heavy atom. The van der Waals surface area contributed by atoms with E-state index in [1.165, 1.54) is 5.56 Å². The Morgan fingerprint density at radius 2 is 2.04 bits per heavy atom. The topological polar surface area (TPSA) is 51.0 Å². The van der Waals surface area contributed by atoms with E-state index in [4.69, 9.17) is 15.2 Å². The molecule has 0 radical (unpaired) electrons. The van der Waals surface area contributed by atoms with Gasteiger partial charge < -0.3 is 20.1 Å². The number of nitrogens with zero attached hydrogens (tertiary/aromatic N) is 2. The maximum Gasteiger partial charge on any atom is 0.161 e. The average Bonchev–Trinajstić information content (AvgIpc) is 2.58. The highest BCUT2D eigenvalue weighted by molar-refractivity contribution is 5.44. The predicted octanol–water partition coefficient (Wildman–Crippen LogP) is 2.12. The van der Waals surface area contributed by atoms with Crippen molar-refractivity contribution in [2.45, 2.75) is 32.4 Å². The lowest BCUT2D eigenvalue weighted by Gasteiger charge is -2.42. The Balaban J connectivity index is 2.20. The molecule has 2 atom stereocenters. The van der Waals surface area contributed by atoms with Crippen LogP contribution in [0.15, 0.2) is 18.2 Å². The van der Waals surface area contributed by atoms with Gasteiger partial charge in [-0.15, -0.1) is 0 Å². The lowest BCUT2D eigenvalue weighted by atomic mass is 10.0. The van der Waals surface area contributed by atoms with Gasteiger partial charge in [-0.2, -0.15) is 0 Å². The summed E-state index contributed by atoms with van der Waals surface area (Å²) in [5.41, 5.74) is 7.32. The van der Waals surface area contributed by atoms with Crippen LogP contribution in [0.1, 0.15) is 31.9 Å². The summed E-state index contributed by atoms with van der Waals surface area (Å²) < 4.78 is 11.1. The van der Waals surface area contributed by atoms with Crippen LogP contribution in [0, 0.1) is 0 Å². The number of likely N-dealkylation sites (N-methyl/N-ethyl adjacent to an activating group) is 1. The summed E-state index contributed by atoms with van der Waals surface area (Å²) in [6.45, 7) is 8.66. The monoisotopic (exact) mass is 321 g/mol. The van der Waals surface area contributed by atoms with Crippen LogP contribution >= 0.6 is 0 Å². The normalized spacial score (nSPS) is 21.2. The van der Waals surface area contributed by atoms with E-state index in [1.54, 1.807) is 7.11 Å². The van der Waals surface area contributed by atoms with E-state index in [-0.39, 0.29) is 6.04 Å². The molecular weight excluding hydrogens is 290 g/mol. The highest BCUT2D eigenvalue weighted by Crippen LogP contribution is 2.32. The Hall–Kier alpha value is -1.30.